The van der Waals surface area contributed by atoms with Crippen molar-refractivity contribution in [3.8, 4) is 0 Å². The molecule has 0 saturated carbocycles. The first kappa shape index (κ1) is 22.1. The second kappa shape index (κ2) is 9.07. The van der Waals surface area contributed by atoms with E-state index in [0.717, 1.165) is 67.3 Å². The fourth-order valence-electron chi connectivity index (χ4n) is 5.68. The highest BCUT2D eigenvalue weighted by atomic mass is 19.1. The van der Waals surface area contributed by atoms with Gasteiger partial charge >= 0.3 is 0 Å². The summed E-state index contributed by atoms with van der Waals surface area (Å²) in [5.41, 5.74) is 3.73. The SMILES string of the molecule is Fc1cccc2ccc(N3CC(c4nccnc4N4CCC(c5ccc6ccccc6n5)CC4)C3)nc12. The van der Waals surface area contributed by atoms with Crippen LogP contribution in [0.3, 0.4) is 0 Å². The van der Waals surface area contributed by atoms with E-state index in [0.29, 0.717) is 11.4 Å². The van der Waals surface area contributed by atoms with Crippen molar-refractivity contribution < 1.29 is 4.39 Å². The summed E-state index contributed by atoms with van der Waals surface area (Å²) in [6, 6.07) is 21.7. The highest BCUT2D eigenvalue weighted by Gasteiger charge is 2.34. The van der Waals surface area contributed by atoms with Gasteiger partial charge in [0.1, 0.15) is 17.2 Å². The van der Waals surface area contributed by atoms with E-state index >= 15 is 0 Å². The lowest BCUT2D eigenvalue weighted by atomic mass is 9.91. The molecule has 6 nitrogen and oxygen atoms in total. The third kappa shape index (κ3) is 4.04. The zero-order chi connectivity index (χ0) is 24.8. The first-order valence-corrected chi connectivity index (χ1v) is 12.9. The third-order valence-corrected chi connectivity index (χ3v) is 7.79. The van der Waals surface area contributed by atoms with Crippen LogP contribution in [-0.4, -0.2) is 46.1 Å². The van der Waals surface area contributed by atoms with Crippen LogP contribution in [0.15, 0.2) is 79.1 Å². The number of hydrogen-bond donors (Lipinski definition) is 0. The van der Waals surface area contributed by atoms with Crippen LogP contribution in [-0.2, 0) is 0 Å². The van der Waals surface area contributed by atoms with Gasteiger partial charge in [-0.05, 0) is 43.2 Å². The Morgan fingerprint density at radius 2 is 1.49 bits per heavy atom. The molecule has 184 valence electrons. The quantitative estimate of drug-likeness (QED) is 0.322. The molecule has 0 bridgehead atoms. The van der Waals surface area contributed by atoms with Gasteiger partial charge in [0.25, 0.3) is 0 Å². The van der Waals surface area contributed by atoms with Gasteiger partial charge in [0.2, 0.25) is 0 Å². The minimum Gasteiger partial charge on any atom is -0.355 e. The van der Waals surface area contributed by atoms with E-state index in [-0.39, 0.29) is 11.7 Å². The zero-order valence-corrected chi connectivity index (χ0v) is 20.5. The van der Waals surface area contributed by atoms with E-state index in [9.17, 15) is 4.39 Å². The molecule has 7 rings (SSSR count). The van der Waals surface area contributed by atoms with Crippen LogP contribution in [0.25, 0.3) is 21.8 Å². The molecule has 37 heavy (non-hydrogen) atoms. The van der Waals surface area contributed by atoms with E-state index in [1.54, 1.807) is 18.5 Å². The van der Waals surface area contributed by atoms with Gasteiger partial charge in [0.05, 0.1) is 11.2 Å². The minimum atomic E-state index is -0.282. The number of aromatic nitrogens is 4. The lowest BCUT2D eigenvalue weighted by Gasteiger charge is -2.41. The van der Waals surface area contributed by atoms with E-state index in [1.807, 2.05) is 24.3 Å². The molecular formula is C30H27FN6. The normalized spacial score (nSPS) is 16.9. The van der Waals surface area contributed by atoms with Gasteiger partial charge in [-0.2, -0.15) is 0 Å². The van der Waals surface area contributed by atoms with Gasteiger partial charge in [-0.3, -0.25) is 9.97 Å². The van der Waals surface area contributed by atoms with Crippen molar-refractivity contribution in [3.63, 3.8) is 0 Å². The fraction of sp³-hybridized carbons (Fsp3) is 0.267. The molecule has 2 fully saturated rings. The maximum absolute atomic E-state index is 14.2. The number of pyridine rings is 2. The molecule has 0 spiro atoms. The predicted octanol–water partition coefficient (Wildman–Crippen LogP) is 5.70. The van der Waals surface area contributed by atoms with Crippen LogP contribution < -0.4 is 9.80 Å². The van der Waals surface area contributed by atoms with Crippen LogP contribution in [0.4, 0.5) is 16.0 Å². The number of benzene rings is 2. The number of anilines is 2. The number of para-hydroxylation sites is 2. The van der Waals surface area contributed by atoms with Crippen molar-refractivity contribution in [1.29, 1.82) is 0 Å². The maximum atomic E-state index is 14.2. The van der Waals surface area contributed by atoms with E-state index in [4.69, 9.17) is 15.0 Å². The molecule has 3 aromatic heterocycles. The van der Waals surface area contributed by atoms with Gasteiger partial charge in [0.15, 0.2) is 5.82 Å². The Kier molecular flexibility index (Phi) is 5.42. The maximum Gasteiger partial charge on any atom is 0.150 e. The average molecular weight is 491 g/mol. The Morgan fingerprint density at radius 3 is 2.38 bits per heavy atom. The lowest BCUT2D eigenvalue weighted by Crippen LogP contribution is -2.47. The molecular weight excluding hydrogens is 463 g/mol. The Hall–Kier alpha value is -4.13. The van der Waals surface area contributed by atoms with Crippen LogP contribution in [0.5, 0.6) is 0 Å². The van der Waals surface area contributed by atoms with Gasteiger partial charge < -0.3 is 9.80 Å². The largest absolute Gasteiger partial charge is 0.355 e. The second-order valence-corrected chi connectivity index (χ2v) is 10.0. The molecule has 5 heterocycles. The predicted molar refractivity (Wildman–Crippen MR) is 145 cm³/mol. The molecule has 2 saturated heterocycles. The van der Waals surface area contributed by atoms with E-state index in [2.05, 4.69) is 45.1 Å². The summed E-state index contributed by atoms with van der Waals surface area (Å²) in [5, 5.41) is 2.01. The number of halogens is 1. The molecule has 0 aliphatic carbocycles. The first-order valence-electron chi connectivity index (χ1n) is 12.9. The number of hydrogen-bond acceptors (Lipinski definition) is 6. The average Bonchev–Trinajstić information content (AvgIpc) is 2.93. The molecule has 0 N–H and O–H groups in total. The smallest absolute Gasteiger partial charge is 0.150 e. The molecule has 2 aromatic carbocycles. The molecule has 0 radical (unpaired) electrons. The highest BCUT2D eigenvalue weighted by Crippen LogP contribution is 2.36. The molecule has 5 aromatic rings. The Labute approximate surface area is 214 Å². The van der Waals surface area contributed by atoms with Crippen LogP contribution in [0, 0.1) is 5.82 Å². The van der Waals surface area contributed by atoms with E-state index in [1.165, 1.54) is 17.1 Å². The van der Waals surface area contributed by atoms with Gasteiger partial charge in [-0.1, -0.05) is 36.4 Å². The Morgan fingerprint density at radius 1 is 0.703 bits per heavy atom. The number of rotatable bonds is 4. The summed E-state index contributed by atoms with van der Waals surface area (Å²) in [4.78, 5) is 23.6. The van der Waals surface area contributed by atoms with Gasteiger partial charge in [-0.25, -0.2) is 14.4 Å². The number of nitrogens with zero attached hydrogens (tertiary/aromatic N) is 6. The van der Waals surface area contributed by atoms with Crippen molar-refractivity contribution in [2.75, 3.05) is 36.0 Å². The van der Waals surface area contributed by atoms with Crippen molar-refractivity contribution in [3.05, 3.63) is 96.3 Å². The van der Waals surface area contributed by atoms with Crippen LogP contribution >= 0.6 is 0 Å². The van der Waals surface area contributed by atoms with Crippen molar-refractivity contribution in [2.45, 2.75) is 24.7 Å². The van der Waals surface area contributed by atoms with Gasteiger partial charge in [0, 0.05) is 66.9 Å². The molecule has 0 atom stereocenters. The molecule has 7 heteroatoms. The fourth-order valence-corrected chi connectivity index (χ4v) is 5.68. The zero-order valence-electron chi connectivity index (χ0n) is 20.5. The van der Waals surface area contributed by atoms with Crippen molar-refractivity contribution in [2.24, 2.45) is 0 Å². The van der Waals surface area contributed by atoms with Crippen LogP contribution in [0.1, 0.15) is 36.1 Å². The molecule has 2 aliphatic heterocycles. The standard InChI is InChI=1S/C30H27FN6/c31-24-6-3-5-22-9-11-27(35-28(22)24)37-18-23(19-37)29-30(33-15-14-32-29)36-16-12-21(13-17-36)26-10-8-20-4-1-2-7-25(20)34-26/h1-11,14-15,21,23H,12-13,16-19H2. The minimum absolute atomic E-state index is 0.279. The van der Waals surface area contributed by atoms with Crippen LogP contribution in [0.2, 0.25) is 0 Å². The summed E-state index contributed by atoms with van der Waals surface area (Å²) in [5.74, 6) is 2.26. The summed E-state index contributed by atoms with van der Waals surface area (Å²) in [6.07, 6.45) is 5.67. The van der Waals surface area contributed by atoms with Crippen molar-refractivity contribution >= 4 is 33.4 Å². The molecule has 0 unspecified atom stereocenters. The topological polar surface area (TPSA) is 58.0 Å². The summed E-state index contributed by atoms with van der Waals surface area (Å²) >= 11 is 0. The Bertz CT molecular complexity index is 1590. The highest BCUT2D eigenvalue weighted by molar-refractivity contribution is 5.81. The van der Waals surface area contributed by atoms with E-state index < -0.39 is 0 Å². The summed E-state index contributed by atoms with van der Waals surface area (Å²) < 4.78 is 14.2. The number of fused-ring (bicyclic) bond motifs is 2. The Balaban J connectivity index is 1.05. The second-order valence-electron chi connectivity index (χ2n) is 10.0. The number of piperidine rings is 1. The molecule has 0 amide bonds. The summed E-state index contributed by atoms with van der Waals surface area (Å²) in [6.45, 7) is 3.48. The summed E-state index contributed by atoms with van der Waals surface area (Å²) in [7, 11) is 0. The third-order valence-electron chi connectivity index (χ3n) is 7.79. The first-order chi connectivity index (χ1) is 18.2. The monoisotopic (exact) mass is 490 g/mol. The lowest BCUT2D eigenvalue weighted by molar-refractivity contribution is 0.480. The molecule has 2 aliphatic rings. The van der Waals surface area contributed by atoms with Gasteiger partial charge in [-0.15, -0.1) is 0 Å². The van der Waals surface area contributed by atoms with Crippen molar-refractivity contribution in [1.82, 2.24) is 19.9 Å².